The number of esters is 1. The highest BCUT2D eigenvalue weighted by Gasteiger charge is 2.36. The molecule has 1 atom stereocenters. The number of amides is 1. The van der Waals surface area contributed by atoms with Gasteiger partial charge in [0.25, 0.3) is 5.91 Å². The van der Waals surface area contributed by atoms with Crippen LogP contribution in [0.1, 0.15) is 25.6 Å². The molecule has 0 spiro atoms. The van der Waals surface area contributed by atoms with Crippen molar-refractivity contribution in [1.82, 2.24) is 4.98 Å². The van der Waals surface area contributed by atoms with Gasteiger partial charge in [-0.05, 0) is 25.0 Å². The molecule has 1 amide bonds. The highest BCUT2D eigenvalue weighted by molar-refractivity contribution is 7.13. The lowest BCUT2D eigenvalue weighted by Crippen LogP contribution is -2.40. The zero-order valence-corrected chi connectivity index (χ0v) is 17.9. The van der Waals surface area contributed by atoms with Gasteiger partial charge in [-0.1, -0.05) is 60.7 Å². The van der Waals surface area contributed by atoms with Crippen molar-refractivity contribution in [2.45, 2.75) is 25.6 Å². The summed E-state index contributed by atoms with van der Waals surface area (Å²) in [5.74, 6) is -1.37. The number of ether oxygens (including phenoxy) is 2. The molecule has 0 aliphatic carbocycles. The Morgan fingerprint density at radius 1 is 1.00 bits per heavy atom. The number of nitrogens with zero attached hydrogens (tertiary/aromatic N) is 1. The van der Waals surface area contributed by atoms with E-state index in [0.29, 0.717) is 0 Å². The fourth-order valence-electron chi connectivity index (χ4n) is 2.54. The SMILES string of the molecule is COC(=O)C(C)(C)OC(C(N)=O)c1csc(N)n1.c1ccc(-c2ccccc2)cc1. The number of hydrogen-bond donors (Lipinski definition) is 2. The van der Waals surface area contributed by atoms with Crippen LogP contribution in [0, 0.1) is 0 Å². The third-order valence-electron chi connectivity index (χ3n) is 4.04. The lowest BCUT2D eigenvalue weighted by atomic mass is 10.1. The van der Waals surface area contributed by atoms with Crippen molar-refractivity contribution >= 4 is 28.3 Å². The molecular weight excluding hydrogens is 402 g/mol. The minimum Gasteiger partial charge on any atom is -0.467 e. The summed E-state index contributed by atoms with van der Waals surface area (Å²) in [7, 11) is 1.23. The zero-order valence-electron chi connectivity index (χ0n) is 17.1. The van der Waals surface area contributed by atoms with Crippen molar-refractivity contribution < 1.29 is 19.1 Å². The Balaban J connectivity index is 0.000000230. The van der Waals surface area contributed by atoms with Gasteiger partial charge in [0.1, 0.15) is 0 Å². The first kappa shape index (κ1) is 23.1. The zero-order chi connectivity index (χ0) is 22.1. The fraction of sp³-hybridized carbons (Fsp3) is 0.227. The summed E-state index contributed by atoms with van der Waals surface area (Å²) in [5, 5.41) is 1.84. The van der Waals surface area contributed by atoms with E-state index in [1.54, 1.807) is 5.38 Å². The molecule has 3 rings (SSSR count). The molecule has 0 saturated carbocycles. The monoisotopic (exact) mass is 427 g/mol. The standard InChI is InChI=1S/C12H10.C10H15N3O4S/c1-3-7-11(8-4-1)12-9-5-2-6-10-12;1-10(2,8(15)16-3)17-6(7(11)14)5-4-18-9(12)13-5/h1-10H;4,6H,1-3H3,(H2,11,14)(H2,12,13). The van der Waals surface area contributed by atoms with Gasteiger partial charge in [-0.15, -0.1) is 11.3 Å². The molecule has 0 radical (unpaired) electrons. The average molecular weight is 428 g/mol. The van der Waals surface area contributed by atoms with Crippen LogP contribution in [0.2, 0.25) is 0 Å². The number of primary amides is 1. The second-order valence-corrected chi connectivity index (χ2v) is 7.63. The molecule has 8 heteroatoms. The normalized spacial score (nSPS) is 11.7. The fourth-order valence-corrected chi connectivity index (χ4v) is 3.11. The molecule has 0 saturated heterocycles. The minimum atomic E-state index is -1.31. The van der Waals surface area contributed by atoms with Gasteiger partial charge in [-0.3, -0.25) is 4.79 Å². The number of nitrogens with two attached hydrogens (primary N) is 2. The number of nitrogen functional groups attached to an aromatic ring is 1. The van der Waals surface area contributed by atoms with Crippen molar-refractivity contribution in [3.63, 3.8) is 0 Å². The van der Waals surface area contributed by atoms with E-state index in [1.807, 2.05) is 12.1 Å². The van der Waals surface area contributed by atoms with Crippen LogP contribution < -0.4 is 11.5 Å². The molecule has 0 bridgehead atoms. The number of anilines is 1. The van der Waals surface area contributed by atoms with Crippen LogP contribution in [0.5, 0.6) is 0 Å². The smallest absolute Gasteiger partial charge is 0.337 e. The number of carbonyl (C=O) groups excluding carboxylic acids is 2. The van der Waals surface area contributed by atoms with Crippen LogP contribution in [0.3, 0.4) is 0 Å². The predicted molar refractivity (Wildman–Crippen MR) is 118 cm³/mol. The van der Waals surface area contributed by atoms with Crippen LogP contribution in [0.15, 0.2) is 66.0 Å². The van der Waals surface area contributed by atoms with E-state index < -0.39 is 23.6 Å². The van der Waals surface area contributed by atoms with Crippen molar-refractivity contribution in [3.8, 4) is 11.1 Å². The number of benzene rings is 2. The Morgan fingerprint density at radius 3 is 1.87 bits per heavy atom. The summed E-state index contributed by atoms with van der Waals surface area (Å²) in [6, 6.07) is 20.8. The van der Waals surface area contributed by atoms with Crippen LogP contribution in [-0.4, -0.2) is 29.6 Å². The maximum Gasteiger partial charge on any atom is 0.337 e. The highest BCUT2D eigenvalue weighted by Crippen LogP contribution is 2.26. The first-order valence-corrected chi connectivity index (χ1v) is 9.99. The van der Waals surface area contributed by atoms with Gasteiger partial charge in [0.15, 0.2) is 16.8 Å². The summed E-state index contributed by atoms with van der Waals surface area (Å²) in [6.07, 6.45) is -1.15. The van der Waals surface area contributed by atoms with E-state index in [-0.39, 0.29) is 10.8 Å². The number of hydrogen-bond acceptors (Lipinski definition) is 7. The van der Waals surface area contributed by atoms with Gasteiger partial charge >= 0.3 is 5.97 Å². The average Bonchev–Trinajstić information content (AvgIpc) is 3.19. The van der Waals surface area contributed by atoms with E-state index >= 15 is 0 Å². The van der Waals surface area contributed by atoms with Crippen LogP contribution in [0.4, 0.5) is 5.13 Å². The lowest BCUT2D eigenvalue weighted by Gasteiger charge is -2.25. The minimum absolute atomic E-state index is 0.280. The summed E-state index contributed by atoms with van der Waals surface area (Å²) in [4.78, 5) is 26.8. The Hall–Kier alpha value is -3.23. The van der Waals surface area contributed by atoms with Crippen LogP contribution in [0.25, 0.3) is 11.1 Å². The maximum absolute atomic E-state index is 11.5. The highest BCUT2D eigenvalue weighted by atomic mass is 32.1. The first-order chi connectivity index (χ1) is 14.2. The number of thiazole rings is 1. The molecule has 7 nitrogen and oxygen atoms in total. The second kappa shape index (κ2) is 10.5. The third-order valence-corrected chi connectivity index (χ3v) is 4.73. The molecule has 158 valence electrons. The Kier molecular flexibility index (Phi) is 8.08. The summed E-state index contributed by atoms with van der Waals surface area (Å²) in [6.45, 7) is 2.95. The van der Waals surface area contributed by atoms with Crippen molar-refractivity contribution in [2.24, 2.45) is 5.73 Å². The molecule has 0 fully saturated rings. The molecule has 0 aliphatic rings. The van der Waals surface area contributed by atoms with Crippen LogP contribution in [-0.2, 0) is 19.1 Å². The molecule has 1 unspecified atom stereocenters. The number of methoxy groups -OCH3 is 1. The van der Waals surface area contributed by atoms with Gasteiger partial charge in [-0.25, -0.2) is 9.78 Å². The second-order valence-electron chi connectivity index (χ2n) is 6.74. The molecular formula is C22H25N3O4S. The quantitative estimate of drug-likeness (QED) is 0.581. The van der Waals surface area contributed by atoms with Crippen molar-refractivity contribution in [3.05, 3.63) is 71.7 Å². The predicted octanol–water partition coefficient (Wildman–Crippen LogP) is 3.57. The maximum atomic E-state index is 11.5. The van der Waals surface area contributed by atoms with Gasteiger partial charge < -0.3 is 20.9 Å². The van der Waals surface area contributed by atoms with Gasteiger partial charge in [-0.2, -0.15) is 0 Å². The van der Waals surface area contributed by atoms with E-state index in [4.69, 9.17) is 16.2 Å². The van der Waals surface area contributed by atoms with Gasteiger partial charge in [0, 0.05) is 5.38 Å². The summed E-state index contributed by atoms with van der Waals surface area (Å²) < 4.78 is 9.97. The van der Waals surface area contributed by atoms with Gasteiger partial charge in [0.05, 0.1) is 12.8 Å². The number of rotatable bonds is 6. The first-order valence-electron chi connectivity index (χ1n) is 9.11. The van der Waals surface area contributed by atoms with Crippen molar-refractivity contribution in [1.29, 1.82) is 0 Å². The van der Waals surface area contributed by atoms with E-state index in [1.165, 1.54) is 32.1 Å². The Morgan fingerprint density at radius 2 is 1.50 bits per heavy atom. The molecule has 3 aromatic rings. The molecule has 1 aromatic heterocycles. The summed E-state index contributed by atoms with van der Waals surface area (Å²) >= 11 is 1.15. The third kappa shape index (κ3) is 6.40. The largest absolute Gasteiger partial charge is 0.467 e. The topological polar surface area (TPSA) is 118 Å². The van der Waals surface area contributed by atoms with Gasteiger partial charge in [0.2, 0.25) is 0 Å². The Bertz CT molecular complexity index is 921. The van der Waals surface area contributed by atoms with E-state index in [2.05, 4.69) is 58.3 Å². The number of aromatic nitrogens is 1. The molecule has 4 N–H and O–H groups in total. The Labute approximate surface area is 179 Å². The molecule has 2 aromatic carbocycles. The van der Waals surface area contributed by atoms with E-state index in [0.717, 1.165) is 11.3 Å². The van der Waals surface area contributed by atoms with E-state index in [9.17, 15) is 9.59 Å². The van der Waals surface area contributed by atoms with Crippen LogP contribution >= 0.6 is 11.3 Å². The lowest BCUT2D eigenvalue weighted by molar-refractivity contribution is -0.174. The molecule has 0 aliphatic heterocycles. The number of carbonyl (C=O) groups is 2. The van der Waals surface area contributed by atoms with Crippen molar-refractivity contribution in [2.75, 3.05) is 12.8 Å². The summed E-state index contributed by atoms with van der Waals surface area (Å²) in [5.41, 5.74) is 12.2. The molecule has 1 heterocycles. The molecule has 30 heavy (non-hydrogen) atoms.